The van der Waals surface area contributed by atoms with Crippen molar-refractivity contribution in [3.8, 4) is 0 Å². The first-order valence-electron chi connectivity index (χ1n) is 10.8. The number of halogens is 1. The Morgan fingerprint density at radius 1 is 1.11 bits per heavy atom. The Kier molecular flexibility index (Phi) is 7.07. The van der Waals surface area contributed by atoms with Crippen LogP contribution in [-0.2, 0) is 14.3 Å². The number of para-hydroxylation sites is 1. The van der Waals surface area contributed by atoms with E-state index in [0.29, 0.717) is 6.42 Å². The van der Waals surface area contributed by atoms with E-state index in [1.807, 2.05) is 60.7 Å². The Hall–Kier alpha value is -4.24. The van der Waals surface area contributed by atoms with Crippen molar-refractivity contribution in [2.24, 2.45) is 5.10 Å². The highest BCUT2D eigenvalue weighted by atomic mass is 35.5. The first kappa shape index (κ1) is 23.9. The van der Waals surface area contributed by atoms with Crippen molar-refractivity contribution in [2.45, 2.75) is 25.5 Å². The number of esters is 1. The summed E-state index contributed by atoms with van der Waals surface area (Å²) in [7, 11) is 0. The normalized spacial score (nSPS) is 15.8. The van der Waals surface area contributed by atoms with E-state index in [2.05, 4.69) is 10.4 Å². The maximum Gasteiger partial charge on any atom is 0.355 e. The maximum absolute atomic E-state index is 12.9. The van der Waals surface area contributed by atoms with Crippen LogP contribution in [0.15, 0.2) is 84.0 Å². The van der Waals surface area contributed by atoms with Crippen LogP contribution in [0.2, 0.25) is 5.02 Å². The summed E-state index contributed by atoms with van der Waals surface area (Å²) < 4.78 is 5.38. The van der Waals surface area contributed by atoms with Gasteiger partial charge in [-0.05, 0) is 30.7 Å². The minimum atomic E-state index is -1.16. The van der Waals surface area contributed by atoms with E-state index in [9.17, 15) is 19.7 Å². The number of nitrogens with one attached hydrogen (secondary N) is 1. The van der Waals surface area contributed by atoms with Crippen LogP contribution in [0.4, 0.5) is 17.1 Å². The lowest BCUT2D eigenvalue weighted by Gasteiger charge is -2.23. The number of hydrazone groups is 1. The molecule has 3 aromatic rings. The summed E-state index contributed by atoms with van der Waals surface area (Å²) >= 11 is 6.03. The van der Waals surface area contributed by atoms with Crippen LogP contribution in [0.25, 0.3) is 0 Å². The molecule has 0 saturated carbocycles. The van der Waals surface area contributed by atoms with Gasteiger partial charge in [0, 0.05) is 18.6 Å². The van der Waals surface area contributed by atoms with E-state index in [4.69, 9.17) is 16.3 Å². The van der Waals surface area contributed by atoms with Crippen LogP contribution in [0.3, 0.4) is 0 Å². The number of anilines is 2. The summed E-state index contributed by atoms with van der Waals surface area (Å²) in [5.74, 6) is -1.34. The molecular weight excluding hydrogens is 472 g/mol. The molecule has 2 unspecified atom stereocenters. The molecule has 4 rings (SSSR count). The molecule has 0 saturated heterocycles. The van der Waals surface area contributed by atoms with E-state index in [1.54, 1.807) is 5.01 Å². The Morgan fingerprint density at radius 3 is 2.40 bits per heavy atom. The van der Waals surface area contributed by atoms with E-state index in [-0.39, 0.29) is 28.2 Å². The van der Waals surface area contributed by atoms with Gasteiger partial charge in [0.1, 0.15) is 5.71 Å². The summed E-state index contributed by atoms with van der Waals surface area (Å²) in [4.78, 5) is 35.7. The van der Waals surface area contributed by atoms with Gasteiger partial charge < -0.3 is 10.1 Å². The Bertz CT molecular complexity index is 1280. The number of carbonyl (C=O) groups is 2. The second kappa shape index (κ2) is 10.4. The number of carbonyl (C=O) groups excluding carboxylic acids is 2. The van der Waals surface area contributed by atoms with Crippen molar-refractivity contribution >= 4 is 46.3 Å². The summed E-state index contributed by atoms with van der Waals surface area (Å²) in [5.41, 5.74) is 1.96. The second-order valence-electron chi connectivity index (χ2n) is 7.82. The zero-order chi connectivity index (χ0) is 24.9. The standard InChI is InChI=1S/C25H21ClN4O5/c1-16(24(31)27-21-13-12-19(30(33)34)14-20(21)26)35-25(32)22-15-23(17-8-4-2-5-9-17)29(28-22)18-10-6-3-7-11-18/h2-14,16,23H,15H2,1H3,(H,27,31). The number of nitrogens with zero attached hydrogens (tertiary/aromatic N) is 3. The van der Waals surface area contributed by atoms with Gasteiger partial charge in [0.15, 0.2) is 6.10 Å². The molecule has 3 aromatic carbocycles. The zero-order valence-corrected chi connectivity index (χ0v) is 19.4. The number of nitro groups is 1. The first-order valence-corrected chi connectivity index (χ1v) is 11.1. The molecule has 1 heterocycles. The number of ether oxygens (including phenoxy) is 1. The average molecular weight is 493 g/mol. The quantitative estimate of drug-likeness (QED) is 0.278. The van der Waals surface area contributed by atoms with Crippen molar-refractivity contribution < 1.29 is 19.2 Å². The van der Waals surface area contributed by atoms with Crippen molar-refractivity contribution in [3.63, 3.8) is 0 Å². The number of benzene rings is 3. The van der Waals surface area contributed by atoms with E-state index in [1.165, 1.54) is 19.1 Å². The highest BCUT2D eigenvalue weighted by Crippen LogP contribution is 2.35. The molecule has 35 heavy (non-hydrogen) atoms. The maximum atomic E-state index is 12.9. The summed E-state index contributed by atoms with van der Waals surface area (Å²) in [6.45, 7) is 1.42. The fourth-order valence-electron chi connectivity index (χ4n) is 3.62. The molecule has 0 spiro atoms. The number of rotatable bonds is 7. The van der Waals surface area contributed by atoms with Crippen molar-refractivity contribution in [1.82, 2.24) is 0 Å². The Morgan fingerprint density at radius 2 is 1.77 bits per heavy atom. The zero-order valence-electron chi connectivity index (χ0n) is 18.6. The SMILES string of the molecule is CC(OC(=O)C1=NN(c2ccccc2)C(c2ccccc2)C1)C(=O)Nc1ccc([N+](=O)[O-])cc1Cl. The third-order valence-electron chi connectivity index (χ3n) is 5.43. The van der Waals surface area contributed by atoms with Crippen LogP contribution in [-0.4, -0.2) is 28.6 Å². The summed E-state index contributed by atoms with van der Waals surface area (Å²) in [6, 6.07) is 22.6. The molecule has 178 valence electrons. The lowest BCUT2D eigenvalue weighted by Crippen LogP contribution is -2.32. The Balaban J connectivity index is 1.46. The van der Waals surface area contributed by atoms with Crippen LogP contribution < -0.4 is 10.3 Å². The monoisotopic (exact) mass is 492 g/mol. The molecule has 0 fully saturated rings. The minimum absolute atomic E-state index is 0.00421. The average Bonchev–Trinajstić information content (AvgIpc) is 3.32. The van der Waals surface area contributed by atoms with Gasteiger partial charge in [-0.15, -0.1) is 0 Å². The third-order valence-corrected chi connectivity index (χ3v) is 5.74. The molecule has 0 bridgehead atoms. The lowest BCUT2D eigenvalue weighted by molar-refractivity contribution is -0.384. The predicted octanol–water partition coefficient (Wildman–Crippen LogP) is 5.13. The van der Waals surface area contributed by atoms with Gasteiger partial charge in [0.2, 0.25) is 0 Å². The van der Waals surface area contributed by atoms with Crippen LogP contribution in [0, 0.1) is 10.1 Å². The summed E-state index contributed by atoms with van der Waals surface area (Å²) in [5, 5.41) is 19.7. The smallest absolute Gasteiger partial charge is 0.355 e. The van der Waals surface area contributed by atoms with Crippen LogP contribution in [0.1, 0.15) is 24.9 Å². The molecule has 0 aliphatic carbocycles. The lowest BCUT2D eigenvalue weighted by atomic mass is 10.0. The van der Waals surface area contributed by atoms with E-state index < -0.39 is 22.9 Å². The van der Waals surface area contributed by atoms with Crippen LogP contribution in [0.5, 0.6) is 0 Å². The molecule has 1 aliphatic rings. The van der Waals surface area contributed by atoms with E-state index in [0.717, 1.165) is 17.3 Å². The molecule has 1 aliphatic heterocycles. The fraction of sp³-hybridized carbons (Fsp3) is 0.160. The van der Waals surface area contributed by atoms with Gasteiger partial charge in [0.25, 0.3) is 11.6 Å². The highest BCUT2D eigenvalue weighted by molar-refractivity contribution is 6.37. The predicted molar refractivity (Wildman–Crippen MR) is 132 cm³/mol. The Labute approximate surface area is 206 Å². The topological polar surface area (TPSA) is 114 Å². The first-order chi connectivity index (χ1) is 16.8. The number of hydrogen-bond acceptors (Lipinski definition) is 7. The molecule has 1 amide bonds. The van der Waals surface area contributed by atoms with Crippen LogP contribution >= 0.6 is 11.6 Å². The molecule has 0 aromatic heterocycles. The van der Waals surface area contributed by atoms with Gasteiger partial charge in [-0.2, -0.15) is 5.10 Å². The molecule has 1 N–H and O–H groups in total. The van der Waals surface area contributed by atoms with Gasteiger partial charge in [-0.1, -0.05) is 60.1 Å². The number of hydrogen-bond donors (Lipinski definition) is 1. The molecule has 0 radical (unpaired) electrons. The van der Waals surface area contributed by atoms with Crippen molar-refractivity contribution in [2.75, 3.05) is 10.3 Å². The molecule has 9 nitrogen and oxygen atoms in total. The summed E-state index contributed by atoms with van der Waals surface area (Å²) in [6.07, 6.45) is -0.849. The molecular formula is C25H21ClN4O5. The van der Waals surface area contributed by atoms with Gasteiger partial charge in [0.05, 0.1) is 27.4 Å². The third kappa shape index (κ3) is 5.47. The number of nitro benzene ring substituents is 1. The fourth-order valence-corrected chi connectivity index (χ4v) is 3.84. The highest BCUT2D eigenvalue weighted by Gasteiger charge is 2.34. The van der Waals surface area contributed by atoms with E-state index >= 15 is 0 Å². The molecule has 2 atom stereocenters. The number of non-ortho nitro benzene ring substituents is 1. The minimum Gasteiger partial charge on any atom is -0.448 e. The largest absolute Gasteiger partial charge is 0.448 e. The molecule has 10 heteroatoms. The van der Waals surface area contributed by atoms with Crippen molar-refractivity contribution in [1.29, 1.82) is 0 Å². The van der Waals surface area contributed by atoms with Gasteiger partial charge in [-0.3, -0.25) is 19.9 Å². The van der Waals surface area contributed by atoms with Gasteiger partial charge in [-0.25, -0.2) is 4.79 Å². The second-order valence-corrected chi connectivity index (χ2v) is 8.22. The van der Waals surface area contributed by atoms with Crippen molar-refractivity contribution in [3.05, 3.63) is 99.6 Å². The number of amides is 1. The van der Waals surface area contributed by atoms with Gasteiger partial charge >= 0.3 is 5.97 Å².